The van der Waals surface area contributed by atoms with Crippen molar-refractivity contribution < 1.29 is 9.21 Å². The van der Waals surface area contributed by atoms with E-state index in [4.69, 9.17) is 9.41 Å². The lowest BCUT2D eigenvalue weighted by Gasteiger charge is -2.24. The highest BCUT2D eigenvalue weighted by molar-refractivity contribution is 14.0. The summed E-state index contributed by atoms with van der Waals surface area (Å²) in [5.41, 5.74) is 0. The number of likely N-dealkylation sites (tertiary alicyclic amines) is 1. The number of aliphatic imine (C=N–C) groups is 1. The van der Waals surface area contributed by atoms with E-state index < -0.39 is 0 Å². The summed E-state index contributed by atoms with van der Waals surface area (Å²) >= 11 is 1.46. The van der Waals surface area contributed by atoms with Crippen LogP contribution in [-0.2, 0) is 0 Å². The molecule has 0 aromatic carbocycles. The SMILES string of the molecule is CCNC(=NCC(c1ccco1)N1CCCC1)NCCCNC(=O)c1cccs1.I. The van der Waals surface area contributed by atoms with Gasteiger partial charge in [-0.1, -0.05) is 6.07 Å². The lowest BCUT2D eigenvalue weighted by atomic mass is 10.2. The van der Waals surface area contributed by atoms with Gasteiger partial charge >= 0.3 is 0 Å². The highest BCUT2D eigenvalue weighted by Crippen LogP contribution is 2.25. The maximum Gasteiger partial charge on any atom is 0.261 e. The first kappa shape index (κ1) is 24.7. The van der Waals surface area contributed by atoms with Crippen LogP contribution in [0.1, 0.15) is 47.7 Å². The fraction of sp³-hybridized carbons (Fsp3) is 0.524. The van der Waals surface area contributed by atoms with Gasteiger partial charge in [-0.05, 0) is 62.9 Å². The molecule has 1 fully saturated rings. The molecule has 166 valence electrons. The Morgan fingerprint density at radius 1 is 1.20 bits per heavy atom. The molecule has 1 amide bonds. The van der Waals surface area contributed by atoms with Crippen molar-refractivity contribution in [3.63, 3.8) is 0 Å². The van der Waals surface area contributed by atoms with Gasteiger partial charge in [0.05, 0.1) is 23.7 Å². The maximum atomic E-state index is 12.0. The molecule has 3 heterocycles. The molecule has 9 heteroatoms. The summed E-state index contributed by atoms with van der Waals surface area (Å²) in [4.78, 5) is 19.9. The third kappa shape index (κ3) is 7.59. The Hall–Kier alpha value is -1.59. The lowest BCUT2D eigenvalue weighted by molar-refractivity contribution is 0.0957. The van der Waals surface area contributed by atoms with E-state index in [1.54, 1.807) is 6.26 Å². The molecular weight excluding hydrogens is 513 g/mol. The van der Waals surface area contributed by atoms with Crippen molar-refractivity contribution >= 4 is 47.2 Å². The van der Waals surface area contributed by atoms with Crippen molar-refractivity contribution in [3.8, 4) is 0 Å². The number of furan rings is 1. The predicted molar refractivity (Wildman–Crippen MR) is 133 cm³/mol. The van der Waals surface area contributed by atoms with Crippen molar-refractivity contribution in [2.24, 2.45) is 4.99 Å². The molecule has 2 aromatic heterocycles. The minimum absolute atomic E-state index is 0. The van der Waals surface area contributed by atoms with Crippen molar-refractivity contribution in [1.29, 1.82) is 0 Å². The molecule has 1 unspecified atom stereocenters. The first-order chi connectivity index (χ1) is 14.3. The molecule has 3 N–H and O–H groups in total. The topological polar surface area (TPSA) is 81.9 Å². The number of nitrogens with zero attached hydrogens (tertiary/aromatic N) is 2. The lowest BCUT2D eigenvalue weighted by Crippen LogP contribution is -2.39. The van der Waals surface area contributed by atoms with Crippen molar-refractivity contribution in [2.75, 3.05) is 39.3 Å². The van der Waals surface area contributed by atoms with Crippen LogP contribution in [0.5, 0.6) is 0 Å². The summed E-state index contributed by atoms with van der Waals surface area (Å²) in [6, 6.07) is 7.88. The number of rotatable bonds is 10. The number of guanidine groups is 1. The van der Waals surface area contributed by atoms with Crippen LogP contribution in [0.25, 0.3) is 0 Å². The summed E-state index contributed by atoms with van der Waals surface area (Å²) in [6.07, 6.45) is 5.03. The molecular formula is C21H32IN5O2S. The summed E-state index contributed by atoms with van der Waals surface area (Å²) in [5, 5.41) is 11.5. The first-order valence-corrected chi connectivity index (χ1v) is 11.3. The van der Waals surface area contributed by atoms with Gasteiger partial charge in [0.2, 0.25) is 0 Å². The van der Waals surface area contributed by atoms with Gasteiger partial charge in [-0.25, -0.2) is 0 Å². The molecule has 1 aliphatic rings. The zero-order valence-electron chi connectivity index (χ0n) is 17.4. The number of halogens is 1. The molecule has 0 radical (unpaired) electrons. The van der Waals surface area contributed by atoms with E-state index in [1.807, 2.05) is 29.6 Å². The number of carbonyl (C=O) groups excluding carboxylic acids is 1. The average molecular weight is 545 g/mol. The van der Waals surface area contributed by atoms with Gasteiger partial charge in [-0.15, -0.1) is 35.3 Å². The van der Waals surface area contributed by atoms with Crippen LogP contribution in [0.2, 0.25) is 0 Å². The number of nitrogens with one attached hydrogen (secondary N) is 3. The summed E-state index contributed by atoms with van der Waals surface area (Å²) in [5.74, 6) is 1.77. The number of thiophene rings is 1. The Bertz CT molecular complexity index is 746. The Kier molecular flexibility index (Phi) is 11.2. The second-order valence-corrected chi connectivity index (χ2v) is 7.96. The number of hydrogen-bond acceptors (Lipinski definition) is 5. The highest BCUT2D eigenvalue weighted by atomic mass is 127. The van der Waals surface area contributed by atoms with E-state index >= 15 is 0 Å². The van der Waals surface area contributed by atoms with Crippen molar-refractivity contribution in [2.45, 2.75) is 32.2 Å². The van der Waals surface area contributed by atoms with E-state index in [-0.39, 0.29) is 35.9 Å². The zero-order valence-corrected chi connectivity index (χ0v) is 20.6. The van der Waals surface area contributed by atoms with Crippen LogP contribution in [0.3, 0.4) is 0 Å². The predicted octanol–water partition coefficient (Wildman–Crippen LogP) is 3.47. The molecule has 1 aliphatic heterocycles. The normalized spacial score (nSPS) is 15.4. The number of amides is 1. The molecule has 1 saturated heterocycles. The highest BCUT2D eigenvalue weighted by Gasteiger charge is 2.25. The average Bonchev–Trinajstić information content (AvgIpc) is 3.51. The number of hydrogen-bond donors (Lipinski definition) is 3. The van der Waals surface area contributed by atoms with Crippen LogP contribution in [0.4, 0.5) is 0 Å². The van der Waals surface area contributed by atoms with Crippen LogP contribution in [0, 0.1) is 0 Å². The maximum absolute atomic E-state index is 12.0. The molecule has 1 atom stereocenters. The molecule has 30 heavy (non-hydrogen) atoms. The van der Waals surface area contributed by atoms with Crippen molar-refractivity contribution in [3.05, 3.63) is 46.5 Å². The smallest absolute Gasteiger partial charge is 0.261 e. The zero-order chi connectivity index (χ0) is 20.3. The number of carbonyl (C=O) groups is 1. The fourth-order valence-electron chi connectivity index (χ4n) is 3.43. The molecule has 3 rings (SSSR count). The second kappa shape index (κ2) is 13.7. The Labute approximate surface area is 199 Å². The molecule has 0 aliphatic carbocycles. The molecule has 7 nitrogen and oxygen atoms in total. The van der Waals surface area contributed by atoms with Gasteiger partial charge in [-0.3, -0.25) is 14.7 Å². The second-order valence-electron chi connectivity index (χ2n) is 7.01. The molecule has 0 spiro atoms. The van der Waals surface area contributed by atoms with Crippen LogP contribution in [-0.4, -0.2) is 56.0 Å². The van der Waals surface area contributed by atoms with E-state index in [1.165, 1.54) is 24.2 Å². The van der Waals surface area contributed by atoms with Gasteiger partial charge < -0.3 is 20.4 Å². The van der Waals surface area contributed by atoms with Gasteiger partial charge in [0.1, 0.15) is 5.76 Å². The summed E-state index contributed by atoms with van der Waals surface area (Å²) < 4.78 is 5.68. The van der Waals surface area contributed by atoms with Gasteiger partial charge in [0, 0.05) is 19.6 Å². The fourth-order valence-corrected chi connectivity index (χ4v) is 4.07. The molecule has 0 bridgehead atoms. The Morgan fingerprint density at radius 2 is 2.00 bits per heavy atom. The molecule has 0 saturated carbocycles. The molecule has 2 aromatic rings. The van der Waals surface area contributed by atoms with Crippen LogP contribution >= 0.6 is 35.3 Å². The third-order valence-electron chi connectivity index (χ3n) is 4.90. The summed E-state index contributed by atoms with van der Waals surface area (Å²) in [7, 11) is 0. The van der Waals surface area contributed by atoms with E-state index in [0.29, 0.717) is 13.1 Å². The standard InChI is InChI=1S/C21H31N5O2S.HI/c1-2-22-21(24-11-7-10-23-20(27)19-9-6-15-29-19)25-16-17(18-8-5-14-28-18)26-12-3-4-13-26;/h5-6,8-9,14-15,17H,2-4,7,10-13,16H2,1H3,(H,23,27)(H2,22,24,25);1H. The summed E-state index contributed by atoms with van der Waals surface area (Å²) in [6.45, 7) is 7.07. The van der Waals surface area contributed by atoms with E-state index in [9.17, 15) is 4.79 Å². The largest absolute Gasteiger partial charge is 0.468 e. The van der Waals surface area contributed by atoms with Crippen LogP contribution < -0.4 is 16.0 Å². The minimum atomic E-state index is -0.00697. The van der Waals surface area contributed by atoms with Gasteiger partial charge in [0.25, 0.3) is 5.91 Å². The quantitative estimate of drug-likeness (QED) is 0.185. The van der Waals surface area contributed by atoms with E-state index in [0.717, 1.165) is 49.2 Å². The Balaban J connectivity index is 0.00000320. The van der Waals surface area contributed by atoms with Crippen molar-refractivity contribution in [1.82, 2.24) is 20.9 Å². The van der Waals surface area contributed by atoms with Gasteiger partial charge in [-0.2, -0.15) is 0 Å². The first-order valence-electron chi connectivity index (χ1n) is 10.4. The minimum Gasteiger partial charge on any atom is -0.468 e. The third-order valence-corrected chi connectivity index (χ3v) is 5.76. The van der Waals surface area contributed by atoms with Gasteiger partial charge in [0.15, 0.2) is 5.96 Å². The monoisotopic (exact) mass is 545 g/mol. The Morgan fingerprint density at radius 3 is 2.67 bits per heavy atom. The van der Waals surface area contributed by atoms with E-state index in [2.05, 4.69) is 27.8 Å². The van der Waals surface area contributed by atoms with Crippen LogP contribution in [0.15, 0.2) is 45.3 Å².